The number of ether oxygens (including phenoxy) is 1. The molecule has 20 heavy (non-hydrogen) atoms. The average Bonchev–Trinajstić information content (AvgIpc) is 2.46. The summed E-state index contributed by atoms with van der Waals surface area (Å²) in [6, 6.07) is 9.25. The summed E-state index contributed by atoms with van der Waals surface area (Å²) < 4.78 is 32.5. The molecule has 0 spiro atoms. The maximum Gasteiger partial charge on any atom is 0.200 e. The van der Waals surface area contributed by atoms with Crippen LogP contribution in [0.4, 0.5) is 8.78 Å². The van der Waals surface area contributed by atoms with Crippen molar-refractivity contribution in [2.24, 2.45) is 0 Å². The lowest BCUT2D eigenvalue weighted by Crippen LogP contribution is -1.96. The van der Waals surface area contributed by atoms with E-state index < -0.39 is 17.4 Å². The predicted molar refractivity (Wildman–Crippen MR) is 73.9 cm³/mol. The largest absolute Gasteiger partial charge is 0.505 e. The third-order valence-electron chi connectivity index (χ3n) is 2.99. The first kappa shape index (κ1) is 14.3. The van der Waals surface area contributed by atoms with E-state index in [9.17, 15) is 8.78 Å². The van der Waals surface area contributed by atoms with Crippen LogP contribution >= 0.6 is 0 Å². The van der Waals surface area contributed by atoms with Crippen molar-refractivity contribution in [3.63, 3.8) is 0 Å². The Kier molecular flexibility index (Phi) is 4.56. The van der Waals surface area contributed by atoms with Crippen LogP contribution < -0.4 is 4.74 Å². The molecule has 0 aliphatic rings. The van der Waals surface area contributed by atoms with Crippen molar-refractivity contribution < 1.29 is 18.6 Å². The SMILES string of the molecule is CCCCOc1ccc(-c2ccc(O)c(F)c2F)cc1. The zero-order valence-electron chi connectivity index (χ0n) is 11.2. The Morgan fingerprint density at radius 1 is 1.00 bits per heavy atom. The fourth-order valence-electron chi connectivity index (χ4n) is 1.83. The molecule has 106 valence electrons. The first-order valence-corrected chi connectivity index (χ1v) is 6.53. The van der Waals surface area contributed by atoms with Gasteiger partial charge in [0.15, 0.2) is 11.6 Å². The van der Waals surface area contributed by atoms with Gasteiger partial charge in [0.1, 0.15) is 5.75 Å². The summed E-state index contributed by atoms with van der Waals surface area (Å²) in [6.07, 6.45) is 2.02. The first-order valence-electron chi connectivity index (χ1n) is 6.53. The minimum Gasteiger partial charge on any atom is -0.505 e. The van der Waals surface area contributed by atoms with Gasteiger partial charge in [0.05, 0.1) is 6.61 Å². The van der Waals surface area contributed by atoms with E-state index in [-0.39, 0.29) is 5.56 Å². The molecule has 1 N–H and O–H groups in total. The molecule has 0 amide bonds. The van der Waals surface area contributed by atoms with Crippen molar-refractivity contribution in [2.75, 3.05) is 6.61 Å². The van der Waals surface area contributed by atoms with Crippen LogP contribution in [0.3, 0.4) is 0 Å². The summed E-state index contributed by atoms with van der Waals surface area (Å²) in [5.41, 5.74) is 0.643. The molecule has 0 aromatic heterocycles. The zero-order valence-corrected chi connectivity index (χ0v) is 11.2. The summed E-state index contributed by atoms with van der Waals surface area (Å²) >= 11 is 0. The van der Waals surface area contributed by atoms with Gasteiger partial charge >= 0.3 is 0 Å². The summed E-state index contributed by atoms with van der Waals surface area (Å²) in [6.45, 7) is 2.71. The maximum absolute atomic E-state index is 13.7. The molecule has 4 heteroatoms. The van der Waals surface area contributed by atoms with E-state index in [0.717, 1.165) is 18.9 Å². The molecule has 2 aromatic carbocycles. The van der Waals surface area contributed by atoms with Crippen molar-refractivity contribution in [3.8, 4) is 22.6 Å². The van der Waals surface area contributed by atoms with Gasteiger partial charge in [-0.3, -0.25) is 0 Å². The maximum atomic E-state index is 13.7. The fourth-order valence-corrected chi connectivity index (χ4v) is 1.83. The highest BCUT2D eigenvalue weighted by molar-refractivity contribution is 5.65. The monoisotopic (exact) mass is 278 g/mol. The molecule has 0 atom stereocenters. The van der Waals surface area contributed by atoms with Crippen LogP contribution in [0.25, 0.3) is 11.1 Å². The highest BCUT2D eigenvalue weighted by Gasteiger charge is 2.14. The summed E-state index contributed by atoms with van der Waals surface area (Å²) in [5.74, 6) is -2.27. The van der Waals surface area contributed by atoms with Crippen LogP contribution in [0.1, 0.15) is 19.8 Å². The number of halogens is 2. The van der Waals surface area contributed by atoms with Crippen LogP contribution in [0, 0.1) is 11.6 Å². The second-order valence-electron chi connectivity index (χ2n) is 4.49. The minimum absolute atomic E-state index is 0.111. The molecule has 0 aliphatic heterocycles. The number of aromatic hydroxyl groups is 1. The van der Waals surface area contributed by atoms with Crippen molar-refractivity contribution in [3.05, 3.63) is 48.0 Å². The quantitative estimate of drug-likeness (QED) is 0.815. The number of phenols is 1. The molecular formula is C16H16F2O2. The standard InChI is InChI=1S/C16H16F2O2/c1-2-3-10-20-12-6-4-11(5-7-12)13-8-9-14(19)16(18)15(13)17/h4-9,19H,2-3,10H2,1H3. The number of benzene rings is 2. The van der Waals surface area contributed by atoms with E-state index in [2.05, 4.69) is 6.92 Å². The van der Waals surface area contributed by atoms with Gasteiger partial charge < -0.3 is 9.84 Å². The molecule has 2 aromatic rings. The van der Waals surface area contributed by atoms with Crippen molar-refractivity contribution in [1.82, 2.24) is 0 Å². The van der Waals surface area contributed by atoms with Gasteiger partial charge in [-0.25, -0.2) is 4.39 Å². The van der Waals surface area contributed by atoms with Gasteiger partial charge in [-0.05, 0) is 36.2 Å². The lowest BCUT2D eigenvalue weighted by Gasteiger charge is -2.08. The van der Waals surface area contributed by atoms with Gasteiger partial charge in [0.2, 0.25) is 5.82 Å². The van der Waals surface area contributed by atoms with E-state index in [4.69, 9.17) is 9.84 Å². The number of hydrogen-bond acceptors (Lipinski definition) is 2. The second-order valence-corrected chi connectivity index (χ2v) is 4.49. The van der Waals surface area contributed by atoms with Gasteiger partial charge in [0, 0.05) is 5.56 Å². The number of hydrogen-bond donors (Lipinski definition) is 1. The van der Waals surface area contributed by atoms with E-state index in [1.54, 1.807) is 24.3 Å². The van der Waals surface area contributed by atoms with E-state index in [1.165, 1.54) is 6.07 Å². The van der Waals surface area contributed by atoms with Gasteiger partial charge in [0.25, 0.3) is 0 Å². The Labute approximate surface area is 116 Å². The lowest BCUT2D eigenvalue weighted by atomic mass is 10.0. The van der Waals surface area contributed by atoms with Crippen molar-refractivity contribution in [2.45, 2.75) is 19.8 Å². The predicted octanol–water partition coefficient (Wildman–Crippen LogP) is 4.52. The van der Waals surface area contributed by atoms with Crippen LogP contribution in [0.2, 0.25) is 0 Å². The summed E-state index contributed by atoms with van der Waals surface area (Å²) in [7, 11) is 0. The van der Waals surface area contributed by atoms with Crippen molar-refractivity contribution >= 4 is 0 Å². The van der Waals surface area contributed by atoms with Crippen LogP contribution in [0.5, 0.6) is 11.5 Å². The fraction of sp³-hybridized carbons (Fsp3) is 0.250. The molecular weight excluding hydrogens is 262 g/mol. The summed E-state index contributed by atoms with van der Waals surface area (Å²) in [5, 5.41) is 9.10. The Hall–Kier alpha value is -2.10. The van der Waals surface area contributed by atoms with E-state index in [1.807, 2.05) is 0 Å². The number of phenolic OH excluding ortho intramolecular Hbond substituents is 1. The Morgan fingerprint density at radius 3 is 2.35 bits per heavy atom. The van der Waals surface area contributed by atoms with Crippen molar-refractivity contribution in [1.29, 1.82) is 0 Å². The summed E-state index contributed by atoms with van der Waals surface area (Å²) in [4.78, 5) is 0. The Balaban J connectivity index is 2.20. The average molecular weight is 278 g/mol. The number of unbranched alkanes of at least 4 members (excludes halogenated alkanes) is 1. The molecule has 0 heterocycles. The van der Waals surface area contributed by atoms with E-state index >= 15 is 0 Å². The third-order valence-corrected chi connectivity index (χ3v) is 2.99. The molecule has 0 saturated heterocycles. The normalized spacial score (nSPS) is 10.6. The zero-order chi connectivity index (χ0) is 14.5. The molecule has 0 fully saturated rings. The second kappa shape index (κ2) is 6.37. The first-order chi connectivity index (χ1) is 9.63. The molecule has 0 unspecified atom stereocenters. The molecule has 0 saturated carbocycles. The molecule has 0 aliphatic carbocycles. The highest BCUT2D eigenvalue weighted by Crippen LogP contribution is 2.30. The highest BCUT2D eigenvalue weighted by atomic mass is 19.2. The molecule has 0 bridgehead atoms. The van der Waals surface area contributed by atoms with Gasteiger partial charge in [-0.2, -0.15) is 4.39 Å². The Morgan fingerprint density at radius 2 is 1.70 bits per heavy atom. The van der Waals surface area contributed by atoms with Crippen LogP contribution in [-0.2, 0) is 0 Å². The third kappa shape index (κ3) is 3.07. The lowest BCUT2D eigenvalue weighted by molar-refractivity contribution is 0.309. The van der Waals surface area contributed by atoms with Gasteiger partial charge in [-0.15, -0.1) is 0 Å². The minimum atomic E-state index is -1.23. The van der Waals surface area contributed by atoms with Crippen LogP contribution in [0.15, 0.2) is 36.4 Å². The topological polar surface area (TPSA) is 29.5 Å². The number of rotatable bonds is 5. The molecule has 0 radical (unpaired) electrons. The Bertz CT molecular complexity index is 580. The van der Waals surface area contributed by atoms with E-state index in [0.29, 0.717) is 17.9 Å². The molecule has 2 rings (SSSR count). The van der Waals surface area contributed by atoms with Gasteiger partial charge in [-0.1, -0.05) is 25.5 Å². The molecule has 2 nitrogen and oxygen atoms in total. The van der Waals surface area contributed by atoms with Crippen LogP contribution in [-0.4, -0.2) is 11.7 Å². The smallest absolute Gasteiger partial charge is 0.200 e.